The Balaban J connectivity index is 1.05. The van der Waals surface area contributed by atoms with Gasteiger partial charge in [0.05, 0.1) is 29.3 Å². The first-order chi connectivity index (χ1) is 23.5. The highest BCUT2D eigenvalue weighted by atomic mass is 16.6. The molecule has 6 nitrogen and oxygen atoms in total. The van der Waals surface area contributed by atoms with E-state index in [1.165, 1.54) is 45.5 Å². The van der Waals surface area contributed by atoms with Crippen molar-refractivity contribution in [1.29, 1.82) is 0 Å². The van der Waals surface area contributed by atoms with Crippen LogP contribution in [0.2, 0.25) is 0 Å². The van der Waals surface area contributed by atoms with Crippen molar-refractivity contribution in [3.05, 3.63) is 119 Å². The van der Waals surface area contributed by atoms with E-state index in [4.69, 9.17) is 14.2 Å². The zero-order valence-corrected chi connectivity index (χ0v) is 26.9. The summed E-state index contributed by atoms with van der Waals surface area (Å²) >= 11 is 0. The number of nitrogens with zero attached hydrogens (tertiary/aromatic N) is 1. The van der Waals surface area contributed by atoms with Gasteiger partial charge in [0, 0.05) is 18.2 Å². The molecule has 10 rings (SSSR count). The van der Waals surface area contributed by atoms with Crippen LogP contribution in [0.25, 0.3) is 21.5 Å². The topological polar surface area (TPSA) is 68.2 Å². The summed E-state index contributed by atoms with van der Waals surface area (Å²) in [5, 5.41) is 17.9. The summed E-state index contributed by atoms with van der Waals surface area (Å²) in [6.45, 7) is 2.41. The number of hydrogen-bond acceptors (Lipinski definition) is 6. The first kappa shape index (κ1) is 28.8. The van der Waals surface area contributed by atoms with E-state index in [0.29, 0.717) is 36.5 Å². The Hall–Kier alpha value is -4.23. The van der Waals surface area contributed by atoms with Gasteiger partial charge in [-0.1, -0.05) is 72.8 Å². The smallest absolute Gasteiger partial charge is 0.343 e. The van der Waals surface area contributed by atoms with Gasteiger partial charge in [-0.15, -0.1) is 0 Å². The molecule has 3 fully saturated rings. The molecule has 5 atom stereocenters. The van der Waals surface area contributed by atoms with Gasteiger partial charge in [-0.2, -0.15) is 0 Å². The molecule has 0 radical (unpaired) electrons. The largest absolute Gasteiger partial charge is 0.482 e. The molecule has 2 bridgehead atoms. The molecule has 1 saturated heterocycles. The van der Waals surface area contributed by atoms with Gasteiger partial charge in [-0.05, 0) is 108 Å². The summed E-state index contributed by atoms with van der Waals surface area (Å²) in [5.41, 5.74) is 2.31. The van der Waals surface area contributed by atoms with Crippen molar-refractivity contribution in [1.82, 2.24) is 4.90 Å². The van der Waals surface area contributed by atoms with E-state index in [-0.39, 0.29) is 12.1 Å². The highest BCUT2D eigenvalue weighted by Gasteiger charge is 2.73. The zero-order valence-electron chi connectivity index (χ0n) is 26.9. The maximum absolute atomic E-state index is 13.3. The lowest BCUT2D eigenvalue weighted by atomic mass is 9.48. The minimum absolute atomic E-state index is 0.0251. The molecule has 2 aliphatic heterocycles. The van der Waals surface area contributed by atoms with E-state index in [0.717, 1.165) is 37.4 Å². The van der Waals surface area contributed by atoms with E-state index < -0.39 is 23.1 Å². The first-order valence-corrected chi connectivity index (χ1v) is 17.6. The summed E-state index contributed by atoms with van der Waals surface area (Å²) in [5.74, 6) is 1.36. The molecule has 0 amide bonds. The summed E-state index contributed by atoms with van der Waals surface area (Å²) in [6, 6.07) is 32.4. The summed E-state index contributed by atoms with van der Waals surface area (Å²) < 4.78 is 20.1. The Morgan fingerprint density at radius 2 is 1.60 bits per heavy atom. The maximum atomic E-state index is 13.3. The van der Waals surface area contributed by atoms with Crippen LogP contribution < -0.4 is 9.47 Å². The van der Waals surface area contributed by atoms with Crippen molar-refractivity contribution in [2.75, 3.05) is 13.1 Å². The van der Waals surface area contributed by atoms with Crippen LogP contribution in [0.5, 0.6) is 11.5 Å². The maximum Gasteiger partial charge on any atom is 0.343 e. The molecular weight excluding hydrogens is 598 g/mol. The molecule has 0 unspecified atom stereocenters. The normalized spacial score (nSPS) is 28.6. The Labute approximate surface area is 280 Å². The van der Waals surface area contributed by atoms with Crippen LogP contribution in [0, 0.1) is 5.92 Å². The number of hydrogen-bond donors (Lipinski definition) is 1. The lowest BCUT2D eigenvalue weighted by Crippen LogP contribution is -2.77. The van der Waals surface area contributed by atoms with E-state index in [1.807, 2.05) is 24.3 Å². The second kappa shape index (κ2) is 10.6. The molecule has 0 aromatic heterocycles. The monoisotopic (exact) mass is 637 g/mol. The van der Waals surface area contributed by atoms with Gasteiger partial charge < -0.3 is 19.3 Å². The van der Waals surface area contributed by atoms with Crippen LogP contribution in [-0.4, -0.2) is 52.9 Å². The molecule has 2 saturated carbocycles. The number of likely N-dealkylation sites (tertiary alicyclic amines) is 1. The molecule has 3 aliphatic carbocycles. The summed E-state index contributed by atoms with van der Waals surface area (Å²) in [4.78, 5) is 15.9. The standard InChI is InChI=1S/C42H39NO5/c44-40(27-8-2-1-3-9-27)47-34-17-16-30-23-36-42(45)19-18-35(39-41(42,37(30)38(34)48-39)20-21-43(36)24-26-14-15-26)46-25-33-31-12-6-4-10-28(31)22-29-11-5-7-13-32(29)33/h1-13,16-17,22,26,35-36,39,45H,14-15,18-21,23-25H2/t35-,36+,39-,41-,42+/m0/s1. The third-order valence-corrected chi connectivity index (χ3v) is 12.2. The number of benzene rings is 5. The zero-order chi connectivity index (χ0) is 32.0. The van der Waals surface area contributed by atoms with Gasteiger partial charge in [0.2, 0.25) is 0 Å². The molecule has 5 aliphatic rings. The third kappa shape index (κ3) is 4.12. The third-order valence-electron chi connectivity index (χ3n) is 12.2. The van der Waals surface area contributed by atoms with E-state index in [9.17, 15) is 9.90 Å². The lowest BCUT2D eigenvalue weighted by molar-refractivity contribution is -0.216. The van der Waals surface area contributed by atoms with Crippen molar-refractivity contribution in [2.45, 2.75) is 74.4 Å². The predicted octanol–water partition coefficient (Wildman–Crippen LogP) is 7.36. The van der Waals surface area contributed by atoms with Gasteiger partial charge in [0.15, 0.2) is 11.5 Å². The molecule has 2 heterocycles. The fourth-order valence-corrected chi connectivity index (χ4v) is 9.86. The molecule has 5 aromatic rings. The van der Waals surface area contributed by atoms with Gasteiger partial charge in [0.25, 0.3) is 0 Å². The summed E-state index contributed by atoms with van der Waals surface area (Å²) in [6.07, 6.45) is 4.83. The van der Waals surface area contributed by atoms with Crippen LogP contribution in [0.1, 0.15) is 59.2 Å². The number of carbonyl (C=O) groups excluding carboxylic acids is 1. The van der Waals surface area contributed by atoms with Crippen LogP contribution in [-0.2, 0) is 23.2 Å². The highest BCUT2D eigenvalue weighted by molar-refractivity contribution is 6.02. The van der Waals surface area contributed by atoms with Crippen molar-refractivity contribution in [3.63, 3.8) is 0 Å². The van der Waals surface area contributed by atoms with Crippen LogP contribution in [0.4, 0.5) is 0 Å². The first-order valence-electron chi connectivity index (χ1n) is 17.6. The number of carbonyl (C=O) groups is 1. The van der Waals surface area contributed by atoms with Crippen molar-refractivity contribution in [3.8, 4) is 11.5 Å². The highest BCUT2D eigenvalue weighted by Crippen LogP contribution is 2.66. The van der Waals surface area contributed by atoms with Gasteiger partial charge >= 0.3 is 5.97 Å². The second-order valence-electron chi connectivity index (χ2n) is 14.7. The van der Waals surface area contributed by atoms with Crippen LogP contribution in [0.15, 0.2) is 97.1 Å². The quantitative estimate of drug-likeness (QED) is 0.114. The fourth-order valence-electron chi connectivity index (χ4n) is 9.86. The average molecular weight is 638 g/mol. The second-order valence-corrected chi connectivity index (χ2v) is 14.7. The SMILES string of the molecule is O=C(Oc1ccc2c3c1O[C@H]1[C@@H](OCc4c5ccccc5cc5ccccc45)CC[C@@]4(O)[C@@H](C2)N(CC2CC2)CC[C@]314)c1ccccc1. The molecule has 48 heavy (non-hydrogen) atoms. The molecule has 6 heteroatoms. The Morgan fingerprint density at radius 3 is 2.35 bits per heavy atom. The minimum Gasteiger partial charge on any atom is -0.482 e. The van der Waals surface area contributed by atoms with Crippen molar-refractivity contribution in [2.24, 2.45) is 5.92 Å². The Kier molecular flexibility index (Phi) is 6.37. The molecule has 5 aromatic carbocycles. The number of esters is 1. The molecule has 1 N–H and O–H groups in total. The number of rotatable bonds is 7. The van der Waals surface area contributed by atoms with Gasteiger partial charge in [-0.3, -0.25) is 4.90 Å². The number of fused-ring (bicyclic) bond motifs is 2. The van der Waals surface area contributed by atoms with Crippen LogP contribution in [0.3, 0.4) is 0 Å². The molecule has 242 valence electrons. The Bertz CT molecular complexity index is 2040. The lowest BCUT2D eigenvalue weighted by Gasteiger charge is -2.64. The van der Waals surface area contributed by atoms with E-state index in [1.54, 1.807) is 12.1 Å². The fraction of sp³-hybridized carbons (Fsp3) is 0.357. The van der Waals surface area contributed by atoms with Crippen LogP contribution >= 0.6 is 0 Å². The number of aliphatic hydroxyl groups is 1. The number of ether oxygens (including phenoxy) is 3. The number of piperidine rings is 1. The van der Waals surface area contributed by atoms with E-state index in [2.05, 4.69) is 65.6 Å². The van der Waals surface area contributed by atoms with E-state index >= 15 is 0 Å². The predicted molar refractivity (Wildman–Crippen MR) is 185 cm³/mol. The average Bonchev–Trinajstić information content (AvgIpc) is 3.86. The molecular formula is C42H39NO5. The van der Waals surface area contributed by atoms with Gasteiger partial charge in [-0.25, -0.2) is 4.79 Å². The van der Waals surface area contributed by atoms with Gasteiger partial charge in [0.1, 0.15) is 6.10 Å². The minimum atomic E-state index is -0.961. The van der Waals surface area contributed by atoms with Crippen molar-refractivity contribution < 1.29 is 24.1 Å². The van der Waals surface area contributed by atoms with Crippen molar-refractivity contribution >= 4 is 27.5 Å². The summed E-state index contributed by atoms with van der Waals surface area (Å²) in [7, 11) is 0. The Morgan fingerprint density at radius 1 is 0.875 bits per heavy atom. The molecule has 1 spiro atoms.